The summed E-state index contributed by atoms with van der Waals surface area (Å²) in [6.07, 6.45) is 3.26. The number of carbonyl (C=O) groups is 1. The molecule has 0 radical (unpaired) electrons. The summed E-state index contributed by atoms with van der Waals surface area (Å²) in [5, 5.41) is 3.43. The van der Waals surface area contributed by atoms with Gasteiger partial charge < -0.3 is 19.8 Å². The van der Waals surface area contributed by atoms with Gasteiger partial charge in [0.05, 0.1) is 11.0 Å². The van der Waals surface area contributed by atoms with Gasteiger partial charge in [0.15, 0.2) is 0 Å². The van der Waals surface area contributed by atoms with Gasteiger partial charge in [0.25, 0.3) is 5.91 Å². The average Bonchev–Trinajstić information content (AvgIpc) is 3.10. The molecule has 8 heteroatoms. The van der Waals surface area contributed by atoms with Crippen molar-refractivity contribution in [1.29, 1.82) is 0 Å². The maximum atomic E-state index is 12.9. The fourth-order valence-corrected chi connectivity index (χ4v) is 4.32. The number of aromatic nitrogens is 2. The molecule has 0 saturated carbocycles. The highest BCUT2D eigenvalue weighted by Crippen LogP contribution is 2.37. The van der Waals surface area contributed by atoms with Crippen molar-refractivity contribution in [2.45, 2.75) is 32.7 Å². The van der Waals surface area contributed by atoms with E-state index < -0.39 is 11.1 Å². The third-order valence-electron chi connectivity index (χ3n) is 5.98. The number of benzene rings is 1. The van der Waals surface area contributed by atoms with Gasteiger partial charge in [-0.2, -0.15) is 0 Å². The van der Waals surface area contributed by atoms with Crippen molar-refractivity contribution >= 4 is 29.3 Å². The summed E-state index contributed by atoms with van der Waals surface area (Å²) in [7, 11) is 0. The summed E-state index contributed by atoms with van der Waals surface area (Å²) in [4.78, 5) is 41.2. The van der Waals surface area contributed by atoms with Crippen LogP contribution in [-0.4, -0.2) is 46.5 Å². The second kappa shape index (κ2) is 7.48. The zero-order valence-electron chi connectivity index (χ0n) is 15.4. The number of nitrogens with one attached hydrogen (secondary N) is 2. The lowest BCUT2D eigenvalue weighted by atomic mass is 9.78. The first kappa shape index (κ1) is 19.6. The number of amides is 1. The minimum atomic E-state index is -0.655. The van der Waals surface area contributed by atoms with E-state index in [1.807, 2.05) is 11.8 Å². The van der Waals surface area contributed by atoms with Crippen LogP contribution in [0.15, 0.2) is 27.8 Å². The van der Waals surface area contributed by atoms with Crippen molar-refractivity contribution in [3.8, 4) is 0 Å². The summed E-state index contributed by atoms with van der Waals surface area (Å²) < 4.78 is 1.43. The number of fused-ring (bicyclic) bond motifs is 1. The number of aromatic amines is 1. The van der Waals surface area contributed by atoms with Crippen LogP contribution >= 0.6 is 12.4 Å². The smallest absolute Gasteiger partial charge is 0.316 e. The Hall–Kier alpha value is -2.12. The van der Waals surface area contributed by atoms with Crippen molar-refractivity contribution in [3.63, 3.8) is 0 Å². The topological polar surface area (TPSA) is 87.2 Å². The van der Waals surface area contributed by atoms with Gasteiger partial charge >= 0.3 is 11.1 Å². The summed E-state index contributed by atoms with van der Waals surface area (Å²) in [6.45, 7) is 5.90. The van der Waals surface area contributed by atoms with Crippen molar-refractivity contribution < 1.29 is 4.79 Å². The van der Waals surface area contributed by atoms with E-state index in [1.165, 1.54) is 11.0 Å². The predicted octanol–water partition coefficient (Wildman–Crippen LogP) is 1.35. The largest absolute Gasteiger partial charge is 0.339 e. The lowest BCUT2D eigenvalue weighted by Crippen LogP contribution is -2.44. The molecule has 0 aliphatic carbocycles. The van der Waals surface area contributed by atoms with Crippen LogP contribution in [0, 0.1) is 5.41 Å². The molecule has 0 unspecified atom stereocenters. The normalized spacial score (nSPS) is 18.6. The van der Waals surface area contributed by atoms with Crippen LogP contribution in [0.25, 0.3) is 11.0 Å². The molecular formula is C19H25ClN4O3. The monoisotopic (exact) mass is 392 g/mol. The van der Waals surface area contributed by atoms with Crippen LogP contribution in [0.1, 0.15) is 36.5 Å². The second-order valence-corrected chi connectivity index (χ2v) is 7.45. The Morgan fingerprint density at radius 3 is 2.56 bits per heavy atom. The van der Waals surface area contributed by atoms with Crippen LogP contribution in [0.3, 0.4) is 0 Å². The maximum absolute atomic E-state index is 12.9. The number of H-pyrrole nitrogens is 1. The first-order valence-electron chi connectivity index (χ1n) is 9.30. The lowest BCUT2D eigenvalue weighted by Gasteiger charge is -2.38. The van der Waals surface area contributed by atoms with Gasteiger partial charge in [-0.05, 0) is 56.3 Å². The molecule has 3 heterocycles. The van der Waals surface area contributed by atoms with E-state index >= 15 is 0 Å². The second-order valence-electron chi connectivity index (χ2n) is 7.45. The zero-order chi connectivity index (χ0) is 18.3. The third kappa shape index (κ3) is 3.41. The number of piperidine rings is 1. The highest BCUT2D eigenvalue weighted by Gasteiger charge is 2.38. The molecule has 7 nitrogen and oxygen atoms in total. The number of carbonyl (C=O) groups excluding carboxylic acids is 1. The van der Waals surface area contributed by atoms with Gasteiger partial charge in [0, 0.05) is 31.7 Å². The van der Waals surface area contributed by atoms with E-state index in [2.05, 4.69) is 10.3 Å². The fraction of sp³-hybridized carbons (Fsp3) is 0.526. The highest BCUT2D eigenvalue weighted by atomic mass is 35.5. The van der Waals surface area contributed by atoms with Crippen molar-refractivity contribution in [1.82, 2.24) is 19.8 Å². The molecule has 2 aromatic rings. The van der Waals surface area contributed by atoms with Gasteiger partial charge in [-0.3, -0.25) is 14.4 Å². The molecule has 4 rings (SSSR count). The summed E-state index contributed by atoms with van der Waals surface area (Å²) in [6, 6.07) is 5.18. The predicted molar refractivity (Wildman–Crippen MR) is 107 cm³/mol. The molecule has 2 aliphatic heterocycles. The first-order chi connectivity index (χ1) is 12.5. The molecule has 0 atom stereocenters. The Labute approximate surface area is 163 Å². The molecule has 1 amide bonds. The standard InChI is InChI=1S/C19H24N4O3.ClH/c1-2-23-15-4-3-13(11-14(15)21-16(24)18(23)26)17(25)22-9-6-19(7-10-22)5-8-20-12-19;/h3-4,11,20H,2,5-10,12H2,1H3,(H,21,24);1H. The molecule has 1 spiro atoms. The van der Waals surface area contributed by atoms with Crippen LogP contribution in [0.2, 0.25) is 0 Å². The van der Waals surface area contributed by atoms with E-state index in [9.17, 15) is 14.4 Å². The summed E-state index contributed by atoms with van der Waals surface area (Å²) in [5.41, 5.74) is 0.861. The molecule has 2 N–H and O–H groups in total. The molecule has 1 aromatic carbocycles. The number of hydrogen-bond acceptors (Lipinski definition) is 4. The van der Waals surface area contributed by atoms with Gasteiger partial charge in [0.1, 0.15) is 0 Å². The van der Waals surface area contributed by atoms with Crippen molar-refractivity contribution in [2.75, 3.05) is 26.2 Å². The van der Waals surface area contributed by atoms with E-state index in [0.717, 1.165) is 39.0 Å². The molecular weight excluding hydrogens is 368 g/mol. The van der Waals surface area contributed by atoms with Crippen molar-refractivity contribution in [2.24, 2.45) is 5.41 Å². The molecule has 2 aliphatic rings. The molecule has 0 bridgehead atoms. The van der Waals surface area contributed by atoms with Gasteiger partial charge in [-0.25, -0.2) is 0 Å². The lowest BCUT2D eigenvalue weighted by molar-refractivity contribution is 0.0608. The quantitative estimate of drug-likeness (QED) is 0.755. The van der Waals surface area contributed by atoms with Crippen LogP contribution in [0.5, 0.6) is 0 Å². The molecule has 2 fully saturated rings. The minimum absolute atomic E-state index is 0. The highest BCUT2D eigenvalue weighted by molar-refractivity contribution is 5.97. The Bertz CT molecular complexity index is 965. The first-order valence-corrected chi connectivity index (χ1v) is 9.30. The zero-order valence-corrected chi connectivity index (χ0v) is 16.2. The number of hydrogen-bond donors (Lipinski definition) is 2. The molecule has 146 valence electrons. The maximum Gasteiger partial charge on any atom is 0.316 e. The van der Waals surface area contributed by atoms with Gasteiger partial charge in [-0.15, -0.1) is 12.4 Å². The summed E-state index contributed by atoms with van der Waals surface area (Å²) >= 11 is 0. The SMILES string of the molecule is CCn1c(=O)c(=O)[nH]c2cc(C(=O)N3CCC4(CCNC4)CC3)ccc21.Cl. The van der Waals surface area contributed by atoms with Crippen molar-refractivity contribution in [3.05, 3.63) is 44.5 Å². The Balaban J connectivity index is 0.00000210. The van der Waals surface area contributed by atoms with Crippen LogP contribution < -0.4 is 16.4 Å². The van der Waals surface area contributed by atoms with Gasteiger partial charge in [0.2, 0.25) is 0 Å². The minimum Gasteiger partial charge on any atom is -0.339 e. The number of nitrogens with zero attached hydrogens (tertiary/aromatic N) is 2. The number of halogens is 1. The Morgan fingerprint density at radius 2 is 1.93 bits per heavy atom. The van der Waals surface area contributed by atoms with E-state index in [-0.39, 0.29) is 18.3 Å². The average molecular weight is 393 g/mol. The van der Waals surface area contributed by atoms with E-state index in [0.29, 0.717) is 28.6 Å². The molecule has 2 saturated heterocycles. The Kier molecular flexibility index (Phi) is 5.44. The van der Waals surface area contributed by atoms with E-state index in [1.54, 1.807) is 18.2 Å². The van der Waals surface area contributed by atoms with E-state index in [4.69, 9.17) is 0 Å². The Morgan fingerprint density at radius 1 is 1.19 bits per heavy atom. The number of aryl methyl sites for hydroxylation is 1. The van der Waals surface area contributed by atoms with Crippen LogP contribution in [0.4, 0.5) is 0 Å². The molecule has 1 aromatic heterocycles. The third-order valence-corrected chi connectivity index (χ3v) is 5.98. The number of likely N-dealkylation sites (tertiary alicyclic amines) is 1. The number of rotatable bonds is 2. The van der Waals surface area contributed by atoms with Gasteiger partial charge in [-0.1, -0.05) is 0 Å². The summed E-state index contributed by atoms with van der Waals surface area (Å²) in [5.74, 6) is -0.0113. The fourth-order valence-electron chi connectivity index (χ4n) is 4.32. The molecule has 27 heavy (non-hydrogen) atoms. The van der Waals surface area contributed by atoms with Crippen LogP contribution in [-0.2, 0) is 6.54 Å².